The molecule has 3 aromatic rings. The Labute approximate surface area is 111 Å². The molecule has 2 heterocycles. The van der Waals surface area contributed by atoms with Gasteiger partial charge in [0.1, 0.15) is 5.52 Å². The first-order valence-corrected chi connectivity index (χ1v) is 6.27. The number of benzene rings is 1. The van der Waals surface area contributed by atoms with Crippen LogP contribution in [0.4, 0.5) is 5.95 Å². The monoisotopic (exact) mass is 255 g/mol. The molecule has 3 rings (SSSR count). The molecule has 0 saturated carbocycles. The van der Waals surface area contributed by atoms with Gasteiger partial charge in [0.25, 0.3) is 0 Å². The zero-order valence-electron chi connectivity index (χ0n) is 11.4. The number of nitrogen functional groups attached to an aromatic ring is 1. The van der Waals surface area contributed by atoms with Crippen LogP contribution in [-0.2, 0) is 13.6 Å². The zero-order chi connectivity index (χ0) is 13.6. The average Bonchev–Trinajstić information content (AvgIpc) is 2.80. The van der Waals surface area contributed by atoms with Gasteiger partial charge in [0.2, 0.25) is 5.95 Å². The number of aryl methyl sites for hydroxylation is 3. The van der Waals surface area contributed by atoms with E-state index in [1.54, 1.807) is 0 Å². The SMILES string of the molecule is Cc1cccc(Cn2c(N)nc3c(C)nn(C)c32)c1. The fraction of sp³-hybridized carbons (Fsp3) is 0.286. The van der Waals surface area contributed by atoms with Crippen LogP contribution in [0.1, 0.15) is 16.8 Å². The van der Waals surface area contributed by atoms with Gasteiger partial charge < -0.3 is 5.73 Å². The molecule has 5 nitrogen and oxygen atoms in total. The van der Waals surface area contributed by atoms with Gasteiger partial charge in [-0.05, 0) is 19.4 Å². The summed E-state index contributed by atoms with van der Waals surface area (Å²) in [6, 6.07) is 8.41. The molecule has 0 radical (unpaired) electrons. The molecular weight excluding hydrogens is 238 g/mol. The van der Waals surface area contributed by atoms with Gasteiger partial charge in [-0.3, -0.25) is 9.25 Å². The molecule has 2 aromatic heterocycles. The molecule has 1 aromatic carbocycles. The second-order valence-electron chi connectivity index (χ2n) is 4.93. The highest BCUT2D eigenvalue weighted by Crippen LogP contribution is 2.21. The predicted molar refractivity (Wildman–Crippen MR) is 75.9 cm³/mol. The van der Waals surface area contributed by atoms with Gasteiger partial charge in [-0.2, -0.15) is 5.10 Å². The lowest BCUT2D eigenvalue weighted by molar-refractivity contribution is 0.725. The van der Waals surface area contributed by atoms with E-state index in [1.165, 1.54) is 11.1 Å². The van der Waals surface area contributed by atoms with Crippen LogP contribution >= 0.6 is 0 Å². The van der Waals surface area contributed by atoms with E-state index >= 15 is 0 Å². The summed E-state index contributed by atoms with van der Waals surface area (Å²) >= 11 is 0. The summed E-state index contributed by atoms with van der Waals surface area (Å²) in [7, 11) is 1.92. The van der Waals surface area contributed by atoms with E-state index in [0.29, 0.717) is 12.5 Å². The van der Waals surface area contributed by atoms with Gasteiger partial charge in [0.15, 0.2) is 5.65 Å². The molecule has 0 aliphatic carbocycles. The van der Waals surface area contributed by atoms with Crippen molar-refractivity contribution in [3.63, 3.8) is 0 Å². The number of anilines is 1. The number of hydrogen-bond donors (Lipinski definition) is 1. The van der Waals surface area contributed by atoms with Gasteiger partial charge in [-0.25, -0.2) is 4.98 Å². The number of nitrogens with two attached hydrogens (primary N) is 1. The molecule has 0 aliphatic heterocycles. The predicted octanol–water partition coefficient (Wildman–Crippen LogP) is 2.02. The lowest BCUT2D eigenvalue weighted by Crippen LogP contribution is -2.08. The fourth-order valence-corrected chi connectivity index (χ4v) is 2.50. The molecule has 0 amide bonds. The van der Waals surface area contributed by atoms with Crippen molar-refractivity contribution in [1.82, 2.24) is 19.3 Å². The van der Waals surface area contributed by atoms with Crippen molar-refractivity contribution in [2.45, 2.75) is 20.4 Å². The maximum absolute atomic E-state index is 6.03. The highest BCUT2D eigenvalue weighted by Gasteiger charge is 2.15. The summed E-state index contributed by atoms with van der Waals surface area (Å²) < 4.78 is 3.84. The van der Waals surface area contributed by atoms with Crippen LogP contribution in [-0.4, -0.2) is 19.3 Å². The average molecular weight is 255 g/mol. The third kappa shape index (κ3) is 1.87. The Morgan fingerprint density at radius 2 is 2.05 bits per heavy atom. The van der Waals surface area contributed by atoms with E-state index < -0.39 is 0 Å². The molecule has 0 spiro atoms. The normalized spacial score (nSPS) is 11.3. The molecule has 0 aliphatic rings. The lowest BCUT2D eigenvalue weighted by Gasteiger charge is -2.07. The Bertz CT molecular complexity index is 751. The minimum Gasteiger partial charge on any atom is -0.369 e. The first kappa shape index (κ1) is 11.8. The number of fused-ring (bicyclic) bond motifs is 1. The molecular formula is C14H17N5. The van der Waals surface area contributed by atoms with Crippen LogP contribution in [0.2, 0.25) is 0 Å². The second-order valence-corrected chi connectivity index (χ2v) is 4.93. The van der Waals surface area contributed by atoms with Gasteiger partial charge in [-0.1, -0.05) is 29.8 Å². The van der Waals surface area contributed by atoms with Crippen LogP contribution in [0, 0.1) is 13.8 Å². The standard InChI is InChI=1S/C14H17N5/c1-9-5-4-6-11(7-9)8-19-13-12(16-14(19)15)10(2)17-18(13)3/h4-7H,8H2,1-3H3,(H2,15,16). The largest absolute Gasteiger partial charge is 0.369 e. The van der Waals surface area contributed by atoms with Crippen LogP contribution in [0.3, 0.4) is 0 Å². The fourth-order valence-electron chi connectivity index (χ4n) is 2.50. The Kier molecular flexibility index (Phi) is 2.55. The highest BCUT2D eigenvalue weighted by atomic mass is 15.3. The Morgan fingerprint density at radius 1 is 1.26 bits per heavy atom. The first-order valence-electron chi connectivity index (χ1n) is 6.27. The number of rotatable bonds is 2. The molecule has 0 bridgehead atoms. The number of hydrogen-bond acceptors (Lipinski definition) is 3. The van der Waals surface area contributed by atoms with Crippen molar-refractivity contribution in [1.29, 1.82) is 0 Å². The van der Waals surface area contributed by atoms with Crippen molar-refractivity contribution in [2.75, 3.05) is 5.73 Å². The second kappa shape index (κ2) is 4.12. The summed E-state index contributed by atoms with van der Waals surface area (Å²) in [5.41, 5.74) is 11.2. The number of nitrogens with zero attached hydrogens (tertiary/aromatic N) is 4. The van der Waals surface area contributed by atoms with Crippen molar-refractivity contribution < 1.29 is 0 Å². The maximum atomic E-state index is 6.03. The van der Waals surface area contributed by atoms with Crippen molar-refractivity contribution in [3.05, 3.63) is 41.1 Å². The lowest BCUT2D eigenvalue weighted by atomic mass is 10.1. The highest BCUT2D eigenvalue weighted by molar-refractivity contribution is 5.77. The third-order valence-electron chi connectivity index (χ3n) is 3.34. The maximum Gasteiger partial charge on any atom is 0.202 e. The Hall–Kier alpha value is -2.30. The summed E-state index contributed by atoms with van der Waals surface area (Å²) in [5.74, 6) is 0.535. The molecule has 0 fully saturated rings. The van der Waals surface area contributed by atoms with E-state index in [1.807, 2.05) is 23.2 Å². The van der Waals surface area contributed by atoms with Crippen molar-refractivity contribution in [2.24, 2.45) is 7.05 Å². The van der Waals surface area contributed by atoms with Crippen LogP contribution in [0.25, 0.3) is 11.2 Å². The van der Waals surface area contributed by atoms with E-state index in [0.717, 1.165) is 16.9 Å². The smallest absolute Gasteiger partial charge is 0.202 e. The molecule has 98 valence electrons. The van der Waals surface area contributed by atoms with Crippen LogP contribution in [0.5, 0.6) is 0 Å². The molecule has 0 unspecified atom stereocenters. The zero-order valence-corrected chi connectivity index (χ0v) is 11.4. The van der Waals surface area contributed by atoms with Gasteiger partial charge in [-0.15, -0.1) is 0 Å². The number of imidazole rings is 1. The van der Waals surface area contributed by atoms with Gasteiger partial charge in [0, 0.05) is 7.05 Å². The van der Waals surface area contributed by atoms with Crippen molar-refractivity contribution >= 4 is 17.1 Å². The minimum absolute atomic E-state index is 0.535. The topological polar surface area (TPSA) is 61.7 Å². The number of aromatic nitrogens is 4. The van der Waals surface area contributed by atoms with Crippen molar-refractivity contribution in [3.8, 4) is 0 Å². The summed E-state index contributed by atoms with van der Waals surface area (Å²) in [4.78, 5) is 4.41. The molecule has 2 N–H and O–H groups in total. The molecule has 19 heavy (non-hydrogen) atoms. The summed E-state index contributed by atoms with van der Waals surface area (Å²) in [5, 5.41) is 4.39. The van der Waals surface area contributed by atoms with E-state index in [2.05, 4.69) is 41.3 Å². The summed E-state index contributed by atoms with van der Waals surface area (Å²) in [6.45, 7) is 4.75. The molecule has 5 heteroatoms. The van der Waals surface area contributed by atoms with E-state index in [4.69, 9.17) is 5.73 Å². The quantitative estimate of drug-likeness (QED) is 0.762. The molecule has 0 atom stereocenters. The third-order valence-corrected chi connectivity index (χ3v) is 3.34. The van der Waals surface area contributed by atoms with Crippen LogP contribution < -0.4 is 5.73 Å². The Balaban J connectivity index is 2.12. The van der Waals surface area contributed by atoms with Gasteiger partial charge in [0.05, 0.1) is 12.2 Å². The first-order chi connectivity index (χ1) is 9.06. The van der Waals surface area contributed by atoms with Gasteiger partial charge >= 0.3 is 0 Å². The summed E-state index contributed by atoms with van der Waals surface area (Å²) in [6.07, 6.45) is 0. The van der Waals surface area contributed by atoms with E-state index in [-0.39, 0.29) is 0 Å². The molecule has 0 saturated heterocycles. The van der Waals surface area contributed by atoms with E-state index in [9.17, 15) is 0 Å². The van der Waals surface area contributed by atoms with Crippen LogP contribution in [0.15, 0.2) is 24.3 Å². The Morgan fingerprint density at radius 3 is 2.79 bits per heavy atom. The minimum atomic E-state index is 0.535.